The molecule has 0 aliphatic heterocycles. The number of nitrogens with one attached hydrogen (secondary N) is 1. The molecular weight excluding hydrogens is 268 g/mol. The molecule has 0 bridgehead atoms. The molecule has 21 heavy (non-hydrogen) atoms. The fourth-order valence-corrected chi connectivity index (χ4v) is 2.85. The number of nitrogens with zero attached hydrogens (tertiary/aromatic N) is 3. The monoisotopic (exact) mass is 288 g/mol. The van der Waals surface area contributed by atoms with E-state index in [9.17, 15) is 9.90 Å². The van der Waals surface area contributed by atoms with E-state index in [-0.39, 0.29) is 5.56 Å². The van der Waals surface area contributed by atoms with Crippen molar-refractivity contribution in [2.75, 3.05) is 11.9 Å². The predicted molar refractivity (Wildman–Crippen MR) is 80.6 cm³/mol. The number of pyridine rings is 1. The van der Waals surface area contributed by atoms with E-state index in [0.29, 0.717) is 17.3 Å². The van der Waals surface area contributed by atoms with Gasteiger partial charge in [-0.25, -0.2) is 9.78 Å². The number of hydrogen-bond acceptors (Lipinski definition) is 4. The highest BCUT2D eigenvalue weighted by molar-refractivity contribution is 6.04. The standard InChI is InChI=1S/C15H20N4O2/c1-8(10-4-5-10)6-16-13-11(15(20)21)7-17-14-12(13)9(2)18-19(14)3/h7-8,10H,4-6H2,1-3H3,(H,16,17)(H,20,21). The number of aromatic nitrogens is 3. The molecule has 0 saturated heterocycles. The summed E-state index contributed by atoms with van der Waals surface area (Å²) in [5.41, 5.74) is 2.36. The first-order valence-corrected chi connectivity index (χ1v) is 7.28. The van der Waals surface area contributed by atoms with Crippen LogP contribution in [0.4, 0.5) is 5.69 Å². The molecule has 0 spiro atoms. The number of anilines is 1. The minimum absolute atomic E-state index is 0.210. The number of aryl methyl sites for hydroxylation is 2. The van der Waals surface area contributed by atoms with Gasteiger partial charge in [0.2, 0.25) is 0 Å². The van der Waals surface area contributed by atoms with Crippen molar-refractivity contribution in [2.24, 2.45) is 18.9 Å². The normalized spacial score (nSPS) is 16.1. The number of carbonyl (C=O) groups is 1. The summed E-state index contributed by atoms with van der Waals surface area (Å²) in [6.07, 6.45) is 3.98. The van der Waals surface area contributed by atoms with Crippen molar-refractivity contribution in [3.8, 4) is 0 Å². The number of rotatable bonds is 5. The number of carboxylic acids is 1. The van der Waals surface area contributed by atoms with Crippen LogP contribution in [0.5, 0.6) is 0 Å². The highest BCUT2D eigenvalue weighted by atomic mass is 16.4. The van der Waals surface area contributed by atoms with E-state index in [1.165, 1.54) is 19.0 Å². The van der Waals surface area contributed by atoms with Gasteiger partial charge in [0.05, 0.1) is 16.8 Å². The van der Waals surface area contributed by atoms with Gasteiger partial charge >= 0.3 is 5.97 Å². The lowest BCUT2D eigenvalue weighted by molar-refractivity contribution is 0.0697. The van der Waals surface area contributed by atoms with Crippen molar-refractivity contribution in [3.05, 3.63) is 17.5 Å². The van der Waals surface area contributed by atoms with Crippen LogP contribution in [0.15, 0.2) is 6.20 Å². The molecule has 0 amide bonds. The van der Waals surface area contributed by atoms with Gasteiger partial charge in [0, 0.05) is 19.8 Å². The molecule has 0 aromatic carbocycles. The molecule has 6 nitrogen and oxygen atoms in total. The summed E-state index contributed by atoms with van der Waals surface area (Å²) in [7, 11) is 1.82. The first-order chi connectivity index (χ1) is 9.99. The third kappa shape index (κ3) is 2.46. The van der Waals surface area contributed by atoms with Crippen LogP contribution in [-0.4, -0.2) is 32.4 Å². The molecule has 1 atom stereocenters. The quantitative estimate of drug-likeness (QED) is 0.883. The SMILES string of the molecule is Cc1nn(C)c2ncc(C(=O)O)c(NCC(C)C3CC3)c12. The maximum absolute atomic E-state index is 11.5. The van der Waals surface area contributed by atoms with Gasteiger partial charge in [0.15, 0.2) is 5.65 Å². The number of carboxylic acid groups (broad SMARTS) is 1. The van der Waals surface area contributed by atoms with Crippen molar-refractivity contribution in [1.82, 2.24) is 14.8 Å². The Morgan fingerprint density at radius 3 is 2.90 bits per heavy atom. The van der Waals surface area contributed by atoms with Crippen molar-refractivity contribution in [2.45, 2.75) is 26.7 Å². The number of hydrogen-bond donors (Lipinski definition) is 2. The zero-order valence-electron chi connectivity index (χ0n) is 12.6. The van der Waals surface area contributed by atoms with Crippen LogP contribution in [0.2, 0.25) is 0 Å². The van der Waals surface area contributed by atoms with Gasteiger partial charge in [-0.05, 0) is 31.6 Å². The van der Waals surface area contributed by atoms with Gasteiger partial charge in [-0.2, -0.15) is 5.10 Å². The zero-order chi connectivity index (χ0) is 15.1. The molecule has 1 fully saturated rings. The van der Waals surface area contributed by atoms with Crippen LogP contribution in [0.25, 0.3) is 11.0 Å². The van der Waals surface area contributed by atoms with Crippen molar-refractivity contribution < 1.29 is 9.90 Å². The molecule has 2 heterocycles. The van der Waals surface area contributed by atoms with Crippen LogP contribution in [-0.2, 0) is 7.05 Å². The Labute approximate surface area is 123 Å². The van der Waals surface area contributed by atoms with E-state index in [1.54, 1.807) is 4.68 Å². The summed E-state index contributed by atoms with van der Waals surface area (Å²) in [4.78, 5) is 15.7. The molecule has 1 saturated carbocycles. The molecule has 6 heteroatoms. The molecule has 0 radical (unpaired) electrons. The van der Waals surface area contributed by atoms with Crippen LogP contribution in [0.1, 0.15) is 35.8 Å². The third-order valence-electron chi connectivity index (χ3n) is 4.29. The Balaban J connectivity index is 2.03. The van der Waals surface area contributed by atoms with Gasteiger partial charge in [0.25, 0.3) is 0 Å². The average Bonchev–Trinajstić information content (AvgIpc) is 3.23. The largest absolute Gasteiger partial charge is 0.478 e. The molecular formula is C15H20N4O2. The maximum atomic E-state index is 11.5. The topological polar surface area (TPSA) is 80.0 Å². The smallest absolute Gasteiger partial charge is 0.339 e. The summed E-state index contributed by atoms with van der Waals surface area (Å²) >= 11 is 0. The molecule has 1 unspecified atom stereocenters. The lowest BCUT2D eigenvalue weighted by Crippen LogP contribution is -2.16. The molecule has 112 valence electrons. The lowest BCUT2D eigenvalue weighted by Gasteiger charge is -2.15. The summed E-state index contributed by atoms with van der Waals surface area (Å²) < 4.78 is 1.69. The van der Waals surface area contributed by atoms with Gasteiger partial charge in [0.1, 0.15) is 5.56 Å². The van der Waals surface area contributed by atoms with E-state index in [4.69, 9.17) is 0 Å². The van der Waals surface area contributed by atoms with Crippen LogP contribution >= 0.6 is 0 Å². The number of fused-ring (bicyclic) bond motifs is 1. The number of aromatic carboxylic acids is 1. The summed E-state index contributed by atoms with van der Waals surface area (Å²) in [6, 6.07) is 0. The van der Waals surface area contributed by atoms with Crippen LogP contribution < -0.4 is 5.32 Å². The lowest BCUT2D eigenvalue weighted by atomic mass is 10.1. The fourth-order valence-electron chi connectivity index (χ4n) is 2.85. The van der Waals surface area contributed by atoms with Gasteiger partial charge in [-0.1, -0.05) is 6.92 Å². The summed E-state index contributed by atoms with van der Waals surface area (Å²) in [6.45, 7) is 4.86. The van der Waals surface area contributed by atoms with Crippen molar-refractivity contribution in [1.29, 1.82) is 0 Å². The second-order valence-corrected chi connectivity index (χ2v) is 5.96. The molecule has 1 aliphatic carbocycles. The van der Waals surface area contributed by atoms with E-state index in [1.807, 2.05) is 14.0 Å². The van der Waals surface area contributed by atoms with Gasteiger partial charge < -0.3 is 10.4 Å². The molecule has 2 aromatic heterocycles. The van der Waals surface area contributed by atoms with Crippen molar-refractivity contribution in [3.63, 3.8) is 0 Å². The van der Waals surface area contributed by atoms with E-state index in [2.05, 4.69) is 22.3 Å². The fraction of sp³-hybridized carbons (Fsp3) is 0.533. The van der Waals surface area contributed by atoms with Gasteiger partial charge in [-0.3, -0.25) is 4.68 Å². The van der Waals surface area contributed by atoms with E-state index < -0.39 is 5.97 Å². The predicted octanol–water partition coefficient (Wildman–Crippen LogP) is 2.43. The highest BCUT2D eigenvalue weighted by Crippen LogP contribution is 2.37. The van der Waals surface area contributed by atoms with Crippen LogP contribution in [0, 0.1) is 18.8 Å². The molecule has 3 rings (SSSR count). The van der Waals surface area contributed by atoms with Crippen molar-refractivity contribution >= 4 is 22.7 Å². The average molecular weight is 288 g/mol. The Hall–Kier alpha value is -2.11. The molecule has 1 aliphatic rings. The van der Waals surface area contributed by atoms with E-state index in [0.717, 1.165) is 23.5 Å². The van der Waals surface area contributed by atoms with Gasteiger partial charge in [-0.15, -0.1) is 0 Å². The second kappa shape index (κ2) is 5.02. The summed E-state index contributed by atoms with van der Waals surface area (Å²) in [5, 5.41) is 17.9. The minimum Gasteiger partial charge on any atom is -0.478 e. The zero-order valence-corrected chi connectivity index (χ0v) is 12.6. The molecule has 2 N–H and O–H groups in total. The first-order valence-electron chi connectivity index (χ1n) is 7.28. The van der Waals surface area contributed by atoms with E-state index >= 15 is 0 Å². The molecule has 2 aromatic rings. The minimum atomic E-state index is -0.964. The third-order valence-corrected chi connectivity index (χ3v) is 4.29. The first kappa shape index (κ1) is 13.9. The Morgan fingerprint density at radius 1 is 1.57 bits per heavy atom. The Morgan fingerprint density at radius 2 is 2.29 bits per heavy atom. The second-order valence-electron chi connectivity index (χ2n) is 5.96. The highest BCUT2D eigenvalue weighted by Gasteiger charge is 2.28. The van der Waals surface area contributed by atoms with Crippen LogP contribution in [0.3, 0.4) is 0 Å². The Bertz CT molecular complexity index is 703. The maximum Gasteiger partial charge on any atom is 0.339 e. The Kier molecular flexibility index (Phi) is 3.31. The summed E-state index contributed by atoms with van der Waals surface area (Å²) in [5.74, 6) is 0.360.